The van der Waals surface area contributed by atoms with Crippen LogP contribution in [0.25, 0.3) is 0 Å². The highest BCUT2D eigenvalue weighted by Gasteiger charge is 2.52. The summed E-state index contributed by atoms with van der Waals surface area (Å²) < 4.78 is 11.2. The molecule has 0 radical (unpaired) electrons. The lowest BCUT2D eigenvalue weighted by Crippen LogP contribution is -2.52. The molecule has 158 valence electrons. The monoisotopic (exact) mass is 472 g/mol. The van der Waals surface area contributed by atoms with Gasteiger partial charge in [-0.05, 0) is 36.4 Å². The van der Waals surface area contributed by atoms with Crippen LogP contribution in [0.15, 0.2) is 48.0 Å². The molecule has 0 aliphatic carbocycles. The quantitative estimate of drug-likeness (QED) is 0.242. The molecule has 0 spiro atoms. The second kappa shape index (κ2) is 10.9. The maximum absolute atomic E-state index is 13.1. The van der Waals surface area contributed by atoms with Gasteiger partial charge in [0.05, 0.1) is 27.8 Å². The van der Waals surface area contributed by atoms with E-state index in [0.717, 1.165) is 18.2 Å². The van der Waals surface area contributed by atoms with Crippen molar-refractivity contribution in [2.45, 2.75) is 6.42 Å². The van der Waals surface area contributed by atoms with Gasteiger partial charge in [-0.2, -0.15) is 21.0 Å². The Bertz CT molecular complexity index is 1320. The van der Waals surface area contributed by atoms with Gasteiger partial charge in [-0.1, -0.05) is 11.1 Å². The smallest absolute Gasteiger partial charge is 0.496 e. The highest BCUT2D eigenvalue weighted by atomic mass is 35.6. The lowest BCUT2D eigenvalue weighted by Gasteiger charge is -2.24. The van der Waals surface area contributed by atoms with Gasteiger partial charge in [-0.3, -0.25) is 4.79 Å². The summed E-state index contributed by atoms with van der Waals surface area (Å²) in [5.74, 6) is 2.61. The van der Waals surface area contributed by atoms with E-state index >= 15 is 0 Å². The Balaban J connectivity index is 2.58. The first-order valence-electron chi connectivity index (χ1n) is 8.79. The van der Waals surface area contributed by atoms with E-state index < -0.39 is 25.3 Å². The van der Waals surface area contributed by atoms with Crippen molar-refractivity contribution in [2.24, 2.45) is 0 Å². The predicted octanol–water partition coefficient (Wildman–Crippen LogP) is 2.45. The highest BCUT2D eigenvalue weighted by Crippen LogP contribution is 2.28. The zero-order chi connectivity index (χ0) is 24.4. The fraction of sp³-hybridized carbons (Fsp3) is 0.0455. The predicted molar refractivity (Wildman–Crippen MR) is 114 cm³/mol. The summed E-state index contributed by atoms with van der Waals surface area (Å²) in [5.41, 5.74) is -0.571. The molecule has 9 nitrogen and oxygen atoms in total. The zero-order valence-electron chi connectivity index (χ0n) is 16.5. The van der Waals surface area contributed by atoms with Crippen molar-refractivity contribution in [3.05, 3.63) is 70.3 Å². The number of halogens is 1. The van der Waals surface area contributed by atoms with Crippen LogP contribution < -0.4 is 8.85 Å². The summed E-state index contributed by atoms with van der Waals surface area (Å²) in [7, 11) is -4.60. The molecule has 0 saturated carbocycles. The molecule has 0 N–H and O–H groups in total. The second-order valence-electron chi connectivity index (χ2n) is 6.04. The molecule has 2 rings (SSSR count). The number of allylic oxidation sites excluding steroid dienone is 2. The van der Waals surface area contributed by atoms with E-state index in [2.05, 4.69) is 0 Å². The van der Waals surface area contributed by atoms with Gasteiger partial charge in [0.25, 0.3) is 5.41 Å². The van der Waals surface area contributed by atoms with Crippen LogP contribution in [0.4, 0.5) is 0 Å². The van der Waals surface area contributed by atoms with Gasteiger partial charge in [0.15, 0.2) is 0 Å². The third-order valence-corrected chi connectivity index (χ3v) is 6.84. The van der Waals surface area contributed by atoms with E-state index in [1.165, 1.54) is 36.1 Å². The minimum absolute atomic E-state index is 0.0503. The Kier molecular flexibility index (Phi) is 8.05. The van der Waals surface area contributed by atoms with E-state index in [1.54, 1.807) is 12.1 Å². The van der Waals surface area contributed by atoms with Gasteiger partial charge < -0.3 is 8.85 Å². The Morgan fingerprint density at radius 2 is 1.30 bits per heavy atom. The molecule has 0 saturated heterocycles. The molecule has 0 bridgehead atoms. The minimum Gasteiger partial charge on any atom is -0.496 e. The topological polar surface area (TPSA) is 165 Å². The van der Waals surface area contributed by atoms with Crippen LogP contribution in [0.2, 0.25) is 0 Å². The third kappa shape index (κ3) is 5.61. The van der Waals surface area contributed by atoms with Gasteiger partial charge in [0.1, 0.15) is 47.7 Å². The van der Waals surface area contributed by atoms with Crippen molar-refractivity contribution < 1.29 is 23.2 Å². The van der Waals surface area contributed by atoms with Crippen LogP contribution in [-0.4, -0.2) is 25.2 Å². The summed E-state index contributed by atoms with van der Waals surface area (Å²) in [6, 6.07) is 14.7. The van der Waals surface area contributed by atoms with Crippen molar-refractivity contribution >= 4 is 36.2 Å². The first-order valence-corrected chi connectivity index (χ1v) is 11.6. The molecule has 0 aliphatic rings. The molecular weight excluding hydrogens is 464 g/mol. The standard InChI is InChI=1S/C22H9ClN4O5Si/c23-33(22(30)17(14-29)2-1-7-28,31-20-5-3-15(10-24)18(8-20)12-26)32-21-6-4-16(11-25)19(9-21)13-27/h1,3-6,8-9H,2H2. The molecular formula is C22H9ClN4O5Si. The van der Waals surface area contributed by atoms with Crippen LogP contribution in [0.3, 0.4) is 0 Å². The summed E-state index contributed by atoms with van der Waals surface area (Å²) in [4.78, 5) is 34.9. The number of nitrogens with zero attached hydrogens (tertiary/aromatic N) is 4. The summed E-state index contributed by atoms with van der Waals surface area (Å²) in [6.07, 6.45) is 0.433. The SMILES string of the molecule is N#Cc1ccc(O[Si](Cl)(Oc2ccc(C#N)c(C#N)c2)C(=O)C(=C=O)CC=C=O)cc1C#N. The molecule has 0 aromatic heterocycles. The molecule has 0 fully saturated rings. The van der Waals surface area contributed by atoms with E-state index in [4.69, 9.17) is 30.5 Å². The first-order chi connectivity index (χ1) is 15.8. The van der Waals surface area contributed by atoms with Gasteiger partial charge in [0, 0.05) is 12.5 Å². The number of carbonyl (C=O) groups is 1. The molecule has 2 aromatic carbocycles. The summed E-state index contributed by atoms with van der Waals surface area (Å²) in [5, 5.41) is 35.5. The molecule has 11 heteroatoms. The van der Waals surface area contributed by atoms with Gasteiger partial charge in [-0.15, -0.1) is 0 Å². The average Bonchev–Trinajstić information content (AvgIpc) is 2.83. The summed E-state index contributed by atoms with van der Waals surface area (Å²) in [6.45, 7) is 0. The molecule has 0 aliphatic heterocycles. The van der Waals surface area contributed by atoms with E-state index in [9.17, 15) is 24.9 Å². The van der Waals surface area contributed by atoms with Crippen molar-refractivity contribution in [3.8, 4) is 35.8 Å². The van der Waals surface area contributed by atoms with Crippen molar-refractivity contribution in [3.63, 3.8) is 0 Å². The van der Waals surface area contributed by atoms with E-state index in [0.29, 0.717) is 0 Å². The lowest BCUT2D eigenvalue weighted by molar-refractivity contribution is -0.110. The zero-order valence-corrected chi connectivity index (χ0v) is 18.2. The van der Waals surface area contributed by atoms with Crippen LogP contribution in [0, 0.1) is 45.3 Å². The van der Waals surface area contributed by atoms with Crippen LogP contribution in [-0.2, 0) is 14.4 Å². The number of carbonyl (C=O) groups excluding carboxylic acids is 3. The highest BCUT2D eigenvalue weighted by molar-refractivity contribution is 7.31. The third-order valence-electron chi connectivity index (χ3n) is 4.02. The minimum atomic E-state index is -4.60. The molecule has 0 heterocycles. The van der Waals surface area contributed by atoms with Crippen molar-refractivity contribution in [1.29, 1.82) is 21.0 Å². The number of hydrogen-bond acceptors (Lipinski definition) is 9. The number of benzene rings is 2. The average molecular weight is 473 g/mol. The van der Waals surface area contributed by atoms with Crippen molar-refractivity contribution in [1.82, 2.24) is 0 Å². The molecule has 33 heavy (non-hydrogen) atoms. The maximum Gasteiger partial charge on any atom is 0.648 e. The Morgan fingerprint density at radius 1 is 0.848 bits per heavy atom. The largest absolute Gasteiger partial charge is 0.648 e. The van der Waals surface area contributed by atoms with Crippen LogP contribution >= 0.6 is 11.1 Å². The molecule has 0 unspecified atom stereocenters. The Labute approximate surface area is 193 Å². The number of nitriles is 4. The van der Waals surface area contributed by atoms with Gasteiger partial charge >= 0.3 is 7.87 Å². The van der Waals surface area contributed by atoms with E-state index in [1.807, 2.05) is 12.1 Å². The Morgan fingerprint density at radius 3 is 1.67 bits per heavy atom. The fourth-order valence-electron chi connectivity index (χ4n) is 2.48. The molecule has 0 amide bonds. The fourth-order valence-corrected chi connectivity index (χ4v) is 4.95. The second-order valence-corrected chi connectivity index (χ2v) is 9.47. The first kappa shape index (κ1) is 24.3. The normalized spacial score (nSPS) is 9.48. The Hall–Kier alpha value is -4.92. The van der Waals surface area contributed by atoms with E-state index in [-0.39, 0.29) is 33.8 Å². The number of hydrogen-bond donors (Lipinski definition) is 0. The maximum atomic E-state index is 13.1. The molecule has 2 aromatic rings. The lowest BCUT2D eigenvalue weighted by atomic mass is 10.1. The van der Waals surface area contributed by atoms with Crippen LogP contribution in [0.1, 0.15) is 28.7 Å². The number of rotatable bonds is 8. The van der Waals surface area contributed by atoms with Gasteiger partial charge in [0.2, 0.25) is 0 Å². The van der Waals surface area contributed by atoms with Crippen molar-refractivity contribution in [2.75, 3.05) is 0 Å². The molecule has 0 atom stereocenters. The summed E-state index contributed by atoms with van der Waals surface area (Å²) >= 11 is 6.49. The van der Waals surface area contributed by atoms with Gasteiger partial charge in [-0.25, -0.2) is 9.59 Å². The van der Waals surface area contributed by atoms with Crippen LogP contribution in [0.5, 0.6) is 11.5 Å².